The van der Waals surface area contributed by atoms with Gasteiger partial charge in [0, 0.05) is 5.69 Å². The number of hydrogen-bond donors (Lipinski definition) is 1. The molecule has 0 heterocycles. The van der Waals surface area contributed by atoms with Crippen LogP contribution in [0.1, 0.15) is 35.6 Å². The number of halogens is 1. The first-order valence-corrected chi connectivity index (χ1v) is 7.22. The fraction of sp³-hybridized carbons (Fsp3) is 0.333. The first kappa shape index (κ1) is 13.2. The Bertz CT molecular complexity index is 579. The Morgan fingerprint density at radius 1 is 1.00 bits per heavy atom. The Balaban J connectivity index is 1.86. The molecule has 2 heteroatoms. The van der Waals surface area contributed by atoms with E-state index in [1.54, 1.807) is 12.1 Å². The van der Waals surface area contributed by atoms with Crippen molar-refractivity contribution in [1.29, 1.82) is 0 Å². The minimum Gasteiger partial charge on any atom is -0.378 e. The molecule has 1 aliphatic rings. The lowest BCUT2D eigenvalue weighted by Crippen LogP contribution is -2.13. The Morgan fingerprint density at radius 3 is 2.30 bits per heavy atom. The van der Waals surface area contributed by atoms with Crippen LogP contribution in [0.25, 0.3) is 0 Å². The summed E-state index contributed by atoms with van der Waals surface area (Å²) < 4.78 is 13.5. The van der Waals surface area contributed by atoms with Gasteiger partial charge in [-0.05, 0) is 61.9 Å². The molecule has 1 unspecified atom stereocenters. The topological polar surface area (TPSA) is 12.0 Å². The number of nitrogens with one attached hydrogen (secondary N) is 1. The van der Waals surface area contributed by atoms with Gasteiger partial charge in [0.2, 0.25) is 0 Å². The summed E-state index contributed by atoms with van der Waals surface area (Å²) in [5.74, 6) is 0.493. The van der Waals surface area contributed by atoms with E-state index in [4.69, 9.17) is 0 Å². The van der Waals surface area contributed by atoms with Crippen molar-refractivity contribution >= 4 is 5.69 Å². The van der Waals surface area contributed by atoms with E-state index in [-0.39, 0.29) is 11.9 Å². The normalized spacial score (nSPS) is 15.9. The number of anilines is 1. The van der Waals surface area contributed by atoms with E-state index in [2.05, 4.69) is 36.5 Å². The Labute approximate surface area is 119 Å². The maximum atomic E-state index is 13.5. The van der Waals surface area contributed by atoms with E-state index >= 15 is 0 Å². The van der Waals surface area contributed by atoms with Crippen molar-refractivity contribution in [1.82, 2.24) is 0 Å². The zero-order chi connectivity index (χ0) is 14.1. The summed E-state index contributed by atoms with van der Waals surface area (Å²) in [7, 11) is 0. The van der Waals surface area contributed by atoms with Crippen molar-refractivity contribution in [3.63, 3.8) is 0 Å². The molecular weight excluding hydrogens is 249 g/mol. The minimum absolute atomic E-state index is 0.175. The first-order chi connectivity index (χ1) is 9.61. The second-order valence-corrected chi connectivity index (χ2v) is 5.89. The largest absolute Gasteiger partial charge is 0.378 e. The number of rotatable bonds is 4. The fourth-order valence-electron chi connectivity index (χ4n) is 2.68. The highest BCUT2D eigenvalue weighted by atomic mass is 19.1. The van der Waals surface area contributed by atoms with Crippen LogP contribution in [0.15, 0.2) is 42.5 Å². The van der Waals surface area contributed by atoms with Crippen molar-refractivity contribution in [2.24, 2.45) is 5.92 Å². The number of hydrogen-bond acceptors (Lipinski definition) is 1. The quantitative estimate of drug-likeness (QED) is 0.823. The summed E-state index contributed by atoms with van der Waals surface area (Å²) in [5, 5.41) is 3.52. The van der Waals surface area contributed by atoms with E-state index in [9.17, 15) is 4.39 Å². The van der Waals surface area contributed by atoms with Crippen LogP contribution in [0.5, 0.6) is 0 Å². The average Bonchev–Trinajstić information content (AvgIpc) is 3.20. The molecule has 0 saturated heterocycles. The molecule has 0 bridgehead atoms. The maximum absolute atomic E-state index is 13.5. The minimum atomic E-state index is -0.175. The van der Waals surface area contributed by atoms with Crippen LogP contribution in [0.4, 0.5) is 10.1 Å². The van der Waals surface area contributed by atoms with Gasteiger partial charge in [-0.1, -0.05) is 29.8 Å². The molecule has 2 aromatic carbocycles. The van der Waals surface area contributed by atoms with Gasteiger partial charge in [0.1, 0.15) is 5.82 Å². The zero-order valence-electron chi connectivity index (χ0n) is 12.0. The van der Waals surface area contributed by atoms with E-state index in [0.717, 1.165) is 11.3 Å². The summed E-state index contributed by atoms with van der Waals surface area (Å²) in [6, 6.07) is 14.1. The van der Waals surface area contributed by atoms with E-state index in [0.29, 0.717) is 5.92 Å². The van der Waals surface area contributed by atoms with E-state index in [1.165, 1.54) is 24.0 Å². The summed E-state index contributed by atoms with van der Waals surface area (Å²) in [5.41, 5.74) is 4.39. The monoisotopic (exact) mass is 269 g/mol. The summed E-state index contributed by atoms with van der Waals surface area (Å²) in [6.45, 7) is 4.02. The summed E-state index contributed by atoms with van der Waals surface area (Å²) in [4.78, 5) is 0. The third-order valence-electron chi connectivity index (χ3n) is 3.89. The van der Waals surface area contributed by atoms with E-state index in [1.807, 2.05) is 13.0 Å². The Morgan fingerprint density at radius 2 is 1.70 bits per heavy atom. The summed E-state index contributed by atoms with van der Waals surface area (Å²) >= 11 is 0. The number of benzene rings is 2. The van der Waals surface area contributed by atoms with Crippen LogP contribution in [0.2, 0.25) is 0 Å². The SMILES string of the molecule is Cc1ccc(C(Nc2cc(C)cc(F)c2)C2CC2)cc1. The second kappa shape index (κ2) is 5.28. The van der Waals surface area contributed by atoms with Gasteiger partial charge in [0.05, 0.1) is 6.04 Å². The van der Waals surface area contributed by atoms with Crippen molar-refractivity contribution in [3.05, 3.63) is 65.0 Å². The molecule has 1 atom stereocenters. The molecular formula is C18H20FN. The lowest BCUT2D eigenvalue weighted by atomic mass is 10.0. The fourth-order valence-corrected chi connectivity index (χ4v) is 2.68. The third kappa shape index (κ3) is 3.01. The highest BCUT2D eigenvalue weighted by Gasteiger charge is 2.32. The molecule has 0 aromatic heterocycles. The van der Waals surface area contributed by atoms with Crippen molar-refractivity contribution in [3.8, 4) is 0 Å². The van der Waals surface area contributed by atoms with Gasteiger partial charge in [0.15, 0.2) is 0 Å². The molecule has 0 amide bonds. The van der Waals surface area contributed by atoms with Gasteiger partial charge in [-0.2, -0.15) is 0 Å². The smallest absolute Gasteiger partial charge is 0.125 e. The number of aryl methyl sites for hydroxylation is 2. The Kier molecular flexibility index (Phi) is 3.47. The van der Waals surface area contributed by atoms with Gasteiger partial charge in [-0.25, -0.2) is 4.39 Å². The molecule has 2 aromatic rings. The van der Waals surface area contributed by atoms with Gasteiger partial charge in [-0.15, -0.1) is 0 Å². The molecule has 0 spiro atoms. The van der Waals surface area contributed by atoms with Crippen LogP contribution < -0.4 is 5.32 Å². The van der Waals surface area contributed by atoms with Crippen LogP contribution in [0, 0.1) is 25.6 Å². The molecule has 20 heavy (non-hydrogen) atoms. The summed E-state index contributed by atoms with van der Waals surface area (Å²) in [6.07, 6.45) is 2.50. The predicted octanol–water partition coefficient (Wildman–Crippen LogP) is 5.01. The van der Waals surface area contributed by atoms with E-state index < -0.39 is 0 Å². The average molecular weight is 269 g/mol. The molecule has 1 N–H and O–H groups in total. The van der Waals surface area contributed by atoms with Crippen LogP contribution in [-0.2, 0) is 0 Å². The third-order valence-corrected chi connectivity index (χ3v) is 3.89. The van der Waals surface area contributed by atoms with Gasteiger partial charge < -0.3 is 5.32 Å². The molecule has 0 aliphatic heterocycles. The zero-order valence-corrected chi connectivity index (χ0v) is 12.0. The van der Waals surface area contributed by atoms with Crippen LogP contribution in [0.3, 0.4) is 0 Å². The molecule has 0 radical (unpaired) electrons. The maximum Gasteiger partial charge on any atom is 0.125 e. The van der Waals surface area contributed by atoms with Gasteiger partial charge >= 0.3 is 0 Å². The lowest BCUT2D eigenvalue weighted by molar-refractivity contribution is 0.624. The molecule has 1 saturated carbocycles. The molecule has 1 fully saturated rings. The highest BCUT2D eigenvalue weighted by Crippen LogP contribution is 2.43. The lowest BCUT2D eigenvalue weighted by Gasteiger charge is -2.20. The first-order valence-electron chi connectivity index (χ1n) is 7.22. The predicted molar refractivity (Wildman–Crippen MR) is 81.4 cm³/mol. The molecule has 1 nitrogen and oxygen atoms in total. The second-order valence-electron chi connectivity index (χ2n) is 5.89. The van der Waals surface area contributed by atoms with Crippen molar-refractivity contribution in [2.75, 3.05) is 5.32 Å². The highest BCUT2D eigenvalue weighted by molar-refractivity contribution is 5.48. The van der Waals surface area contributed by atoms with Crippen molar-refractivity contribution < 1.29 is 4.39 Å². The van der Waals surface area contributed by atoms with Crippen molar-refractivity contribution in [2.45, 2.75) is 32.7 Å². The Hall–Kier alpha value is -1.83. The molecule has 1 aliphatic carbocycles. The molecule has 3 rings (SSSR count). The van der Waals surface area contributed by atoms with Gasteiger partial charge in [-0.3, -0.25) is 0 Å². The van der Waals surface area contributed by atoms with Crippen LogP contribution >= 0.6 is 0 Å². The van der Waals surface area contributed by atoms with Gasteiger partial charge in [0.25, 0.3) is 0 Å². The standard InChI is InChI=1S/C18H20FN/c1-12-3-5-14(6-4-12)18(15-7-8-15)20-17-10-13(2)9-16(19)11-17/h3-6,9-11,15,18,20H,7-8H2,1-2H3. The van der Waals surface area contributed by atoms with Crippen LogP contribution in [-0.4, -0.2) is 0 Å². The molecule has 104 valence electrons.